The summed E-state index contributed by atoms with van der Waals surface area (Å²) in [5.41, 5.74) is 1.28. The second-order valence-electron chi connectivity index (χ2n) is 6.31. The van der Waals surface area contributed by atoms with Crippen LogP contribution in [0.3, 0.4) is 0 Å². The third kappa shape index (κ3) is 4.18. The Morgan fingerprint density at radius 1 is 1.29 bits per heavy atom. The quantitative estimate of drug-likeness (QED) is 0.840. The second-order valence-corrected chi connectivity index (χ2v) is 7.37. The van der Waals surface area contributed by atoms with Gasteiger partial charge in [-0.25, -0.2) is 4.98 Å². The van der Waals surface area contributed by atoms with Crippen LogP contribution >= 0.6 is 11.3 Å². The second kappa shape index (κ2) is 7.07. The van der Waals surface area contributed by atoms with Gasteiger partial charge in [0.05, 0.1) is 5.69 Å². The number of anilines is 1. The summed E-state index contributed by atoms with van der Waals surface area (Å²) in [4.78, 5) is 8.64. The molecule has 118 valence electrons. The minimum atomic E-state index is 0.755. The Morgan fingerprint density at radius 3 is 2.71 bits per heavy atom. The van der Waals surface area contributed by atoms with Crippen LogP contribution in [0.4, 0.5) is 5.13 Å². The number of aromatic nitrogens is 1. The fraction of sp³-hybridized carbons (Fsp3) is 0.812. The Morgan fingerprint density at radius 2 is 2.05 bits per heavy atom. The molecule has 0 radical (unpaired) electrons. The topological polar surface area (TPSA) is 37.4 Å². The molecular formula is C16H27N3OS. The van der Waals surface area contributed by atoms with Crippen LogP contribution in [0.15, 0.2) is 0 Å². The number of hydrogen-bond donors (Lipinski definition) is 1. The third-order valence-electron chi connectivity index (χ3n) is 4.43. The normalized spacial score (nSPS) is 19.9. The third-order valence-corrected chi connectivity index (χ3v) is 5.64. The van der Waals surface area contributed by atoms with Gasteiger partial charge in [0.1, 0.15) is 0 Å². The zero-order valence-corrected chi connectivity index (χ0v) is 14.0. The molecule has 0 bridgehead atoms. The number of ether oxygens (including phenoxy) is 1. The lowest BCUT2D eigenvalue weighted by molar-refractivity contribution is 0.0685. The highest BCUT2D eigenvalue weighted by Gasteiger charge is 2.22. The fourth-order valence-electron chi connectivity index (χ4n) is 2.87. The van der Waals surface area contributed by atoms with Crippen LogP contribution in [0, 0.1) is 5.92 Å². The number of rotatable bonds is 7. The largest absolute Gasteiger partial charge is 0.381 e. The van der Waals surface area contributed by atoms with Crippen LogP contribution in [-0.4, -0.2) is 37.8 Å². The number of nitrogens with zero attached hydrogens (tertiary/aromatic N) is 2. The lowest BCUT2D eigenvalue weighted by Crippen LogP contribution is -2.29. The molecule has 1 saturated carbocycles. The molecular weight excluding hydrogens is 282 g/mol. The fourth-order valence-corrected chi connectivity index (χ4v) is 3.94. The van der Waals surface area contributed by atoms with E-state index in [2.05, 4.69) is 24.2 Å². The predicted octanol–water partition coefficient (Wildman–Crippen LogP) is 2.82. The lowest BCUT2D eigenvalue weighted by Gasteiger charge is -2.26. The van der Waals surface area contributed by atoms with Crippen LogP contribution in [0.2, 0.25) is 0 Å². The Kier molecular flexibility index (Phi) is 5.14. The maximum atomic E-state index is 5.45. The van der Waals surface area contributed by atoms with Crippen molar-refractivity contribution in [2.75, 3.05) is 31.7 Å². The van der Waals surface area contributed by atoms with Crippen molar-refractivity contribution in [1.29, 1.82) is 0 Å². The highest BCUT2D eigenvalue weighted by atomic mass is 32.1. The minimum Gasteiger partial charge on any atom is -0.381 e. The van der Waals surface area contributed by atoms with Crippen LogP contribution in [-0.2, 0) is 17.7 Å². The van der Waals surface area contributed by atoms with Crippen LogP contribution in [0.1, 0.15) is 43.2 Å². The van der Waals surface area contributed by atoms with E-state index in [1.165, 1.54) is 41.4 Å². The maximum Gasteiger partial charge on any atom is 0.185 e. The van der Waals surface area contributed by atoms with Gasteiger partial charge >= 0.3 is 0 Å². The van der Waals surface area contributed by atoms with E-state index in [4.69, 9.17) is 9.72 Å². The summed E-state index contributed by atoms with van der Waals surface area (Å²) in [5, 5.41) is 4.80. The van der Waals surface area contributed by atoms with E-state index in [-0.39, 0.29) is 0 Å². The molecule has 21 heavy (non-hydrogen) atoms. The van der Waals surface area contributed by atoms with E-state index in [1.807, 2.05) is 11.3 Å². The van der Waals surface area contributed by atoms with Crippen molar-refractivity contribution in [2.24, 2.45) is 5.92 Å². The Hall–Kier alpha value is -0.650. The van der Waals surface area contributed by atoms with Crippen molar-refractivity contribution >= 4 is 16.5 Å². The SMILES string of the molecule is CCc1nc(N(C)CC2CCOCC2)sc1CNC1CC1. The van der Waals surface area contributed by atoms with Gasteiger partial charge in [-0.3, -0.25) is 0 Å². The molecule has 1 aliphatic heterocycles. The Bertz CT molecular complexity index is 452. The molecule has 1 saturated heterocycles. The van der Waals surface area contributed by atoms with Crippen molar-refractivity contribution < 1.29 is 4.74 Å². The van der Waals surface area contributed by atoms with Gasteiger partial charge in [-0.15, -0.1) is 11.3 Å². The van der Waals surface area contributed by atoms with Crippen molar-refractivity contribution in [2.45, 2.75) is 51.6 Å². The molecule has 4 nitrogen and oxygen atoms in total. The predicted molar refractivity (Wildman–Crippen MR) is 88.2 cm³/mol. The summed E-state index contributed by atoms with van der Waals surface area (Å²) >= 11 is 1.87. The van der Waals surface area contributed by atoms with Gasteiger partial charge in [0.15, 0.2) is 5.13 Å². The number of aryl methyl sites for hydroxylation is 1. The maximum absolute atomic E-state index is 5.45. The van der Waals surface area contributed by atoms with E-state index in [0.717, 1.165) is 44.7 Å². The van der Waals surface area contributed by atoms with E-state index >= 15 is 0 Å². The molecule has 1 N–H and O–H groups in total. The van der Waals surface area contributed by atoms with Crippen molar-refractivity contribution in [3.63, 3.8) is 0 Å². The van der Waals surface area contributed by atoms with Gasteiger partial charge in [0.2, 0.25) is 0 Å². The molecule has 0 spiro atoms. The van der Waals surface area contributed by atoms with Crippen molar-refractivity contribution in [3.8, 4) is 0 Å². The molecule has 1 aromatic heterocycles. The first-order valence-corrected chi connectivity index (χ1v) is 9.08. The summed E-state index contributed by atoms with van der Waals surface area (Å²) in [7, 11) is 2.19. The first-order chi connectivity index (χ1) is 10.3. The van der Waals surface area contributed by atoms with Crippen LogP contribution < -0.4 is 10.2 Å². The summed E-state index contributed by atoms with van der Waals surface area (Å²) in [6, 6.07) is 0.764. The zero-order chi connectivity index (χ0) is 14.7. The summed E-state index contributed by atoms with van der Waals surface area (Å²) < 4.78 is 5.45. The van der Waals surface area contributed by atoms with Crippen molar-refractivity contribution in [1.82, 2.24) is 10.3 Å². The first-order valence-electron chi connectivity index (χ1n) is 8.27. The average Bonchev–Trinajstić information content (AvgIpc) is 3.24. The highest BCUT2D eigenvalue weighted by Crippen LogP contribution is 2.29. The molecule has 1 aliphatic carbocycles. The molecule has 2 heterocycles. The van der Waals surface area contributed by atoms with Crippen LogP contribution in [0.5, 0.6) is 0 Å². The minimum absolute atomic E-state index is 0.755. The number of nitrogens with one attached hydrogen (secondary N) is 1. The van der Waals surface area contributed by atoms with Gasteiger partial charge in [0.25, 0.3) is 0 Å². The van der Waals surface area contributed by atoms with Gasteiger partial charge in [-0.05, 0) is 38.0 Å². The molecule has 0 atom stereocenters. The smallest absolute Gasteiger partial charge is 0.185 e. The van der Waals surface area contributed by atoms with E-state index < -0.39 is 0 Å². The molecule has 2 aliphatic rings. The lowest BCUT2D eigenvalue weighted by atomic mass is 10.0. The molecule has 1 aromatic rings. The standard InChI is InChI=1S/C16H27N3OS/c1-3-14-15(10-17-13-4-5-13)21-16(18-14)19(2)11-12-6-8-20-9-7-12/h12-13,17H,3-11H2,1-2H3. The first kappa shape index (κ1) is 15.3. The van der Waals surface area contributed by atoms with E-state index in [1.54, 1.807) is 0 Å². The number of thiazole rings is 1. The summed E-state index contributed by atoms with van der Waals surface area (Å²) in [6.07, 6.45) is 6.09. The monoisotopic (exact) mass is 309 g/mol. The number of hydrogen-bond acceptors (Lipinski definition) is 5. The molecule has 0 aromatic carbocycles. The van der Waals surface area contributed by atoms with Gasteiger partial charge in [-0.1, -0.05) is 6.92 Å². The summed E-state index contributed by atoms with van der Waals surface area (Å²) in [6.45, 7) is 6.16. The highest BCUT2D eigenvalue weighted by molar-refractivity contribution is 7.15. The summed E-state index contributed by atoms with van der Waals surface area (Å²) in [5.74, 6) is 0.755. The molecule has 3 rings (SSSR count). The molecule has 0 unspecified atom stereocenters. The molecule has 2 fully saturated rings. The van der Waals surface area contributed by atoms with Gasteiger partial charge in [-0.2, -0.15) is 0 Å². The van der Waals surface area contributed by atoms with Crippen LogP contribution in [0.25, 0.3) is 0 Å². The Balaban J connectivity index is 1.59. The zero-order valence-electron chi connectivity index (χ0n) is 13.2. The van der Waals surface area contributed by atoms with E-state index in [9.17, 15) is 0 Å². The molecule has 0 amide bonds. The Labute approximate surface area is 131 Å². The van der Waals surface area contributed by atoms with Gasteiger partial charge < -0.3 is 15.0 Å². The molecule has 5 heteroatoms. The van der Waals surface area contributed by atoms with Crippen molar-refractivity contribution in [3.05, 3.63) is 10.6 Å². The van der Waals surface area contributed by atoms with Gasteiger partial charge in [0, 0.05) is 44.3 Å². The van der Waals surface area contributed by atoms with E-state index in [0.29, 0.717) is 0 Å². The average molecular weight is 309 g/mol.